The number of carbonyl (C=O) groups is 1. The van der Waals surface area contributed by atoms with Gasteiger partial charge < -0.3 is 4.90 Å². The third-order valence-electron chi connectivity index (χ3n) is 3.57. The Morgan fingerprint density at radius 3 is 2.42 bits per heavy atom. The van der Waals surface area contributed by atoms with E-state index in [1.165, 1.54) is 12.1 Å². The highest BCUT2D eigenvalue weighted by Gasteiger charge is 2.26. The maximum atomic E-state index is 12.3. The molecule has 0 unspecified atom stereocenters. The number of rotatable bonds is 3. The molecule has 1 aliphatic carbocycles. The van der Waals surface area contributed by atoms with E-state index in [1.807, 2.05) is 0 Å². The molecule has 0 saturated heterocycles. The summed E-state index contributed by atoms with van der Waals surface area (Å²) >= 11 is 0. The zero-order chi connectivity index (χ0) is 14.2. The van der Waals surface area contributed by atoms with E-state index in [0.29, 0.717) is 11.1 Å². The van der Waals surface area contributed by atoms with E-state index in [0.717, 1.165) is 19.3 Å². The SMILES string of the molecule is Cc1cc(C(=O)N(C)C2CCC2)cc(S(N)(=O)=O)c1. The van der Waals surface area contributed by atoms with Gasteiger partial charge in [-0.1, -0.05) is 0 Å². The molecule has 1 aliphatic rings. The second-order valence-corrected chi connectivity index (χ2v) is 6.64. The van der Waals surface area contributed by atoms with Gasteiger partial charge in [0.25, 0.3) is 5.91 Å². The highest BCUT2D eigenvalue weighted by atomic mass is 32.2. The number of primary sulfonamides is 1. The number of carbonyl (C=O) groups excluding carboxylic acids is 1. The van der Waals surface area contributed by atoms with Crippen LogP contribution >= 0.6 is 0 Å². The van der Waals surface area contributed by atoms with Crippen LogP contribution in [0.1, 0.15) is 35.2 Å². The maximum absolute atomic E-state index is 12.3. The Hall–Kier alpha value is -1.40. The highest BCUT2D eigenvalue weighted by molar-refractivity contribution is 7.89. The molecular formula is C13H18N2O3S. The van der Waals surface area contributed by atoms with E-state index in [2.05, 4.69) is 0 Å². The molecule has 5 nitrogen and oxygen atoms in total. The van der Waals surface area contributed by atoms with Crippen LogP contribution in [-0.2, 0) is 10.0 Å². The Kier molecular flexibility index (Phi) is 3.64. The first-order valence-electron chi connectivity index (χ1n) is 6.20. The van der Waals surface area contributed by atoms with Gasteiger partial charge in [-0.3, -0.25) is 4.79 Å². The minimum absolute atomic E-state index is 0.0159. The van der Waals surface area contributed by atoms with Gasteiger partial charge in [0, 0.05) is 18.7 Å². The second-order valence-electron chi connectivity index (χ2n) is 5.08. The van der Waals surface area contributed by atoms with Crippen molar-refractivity contribution in [2.24, 2.45) is 5.14 Å². The second kappa shape index (κ2) is 4.94. The first kappa shape index (κ1) is 14.0. The molecule has 1 aromatic rings. The summed E-state index contributed by atoms with van der Waals surface area (Å²) in [7, 11) is -2.03. The number of hydrogen-bond donors (Lipinski definition) is 1. The molecule has 19 heavy (non-hydrogen) atoms. The molecule has 104 valence electrons. The molecule has 0 bridgehead atoms. The number of sulfonamides is 1. The Morgan fingerprint density at radius 1 is 1.32 bits per heavy atom. The van der Waals surface area contributed by atoms with E-state index < -0.39 is 10.0 Å². The van der Waals surface area contributed by atoms with Crippen LogP contribution in [0.3, 0.4) is 0 Å². The topological polar surface area (TPSA) is 80.5 Å². The Labute approximate surface area is 113 Å². The quantitative estimate of drug-likeness (QED) is 0.906. The van der Waals surface area contributed by atoms with Crippen molar-refractivity contribution in [2.75, 3.05) is 7.05 Å². The fourth-order valence-electron chi connectivity index (χ4n) is 2.18. The lowest BCUT2D eigenvalue weighted by Crippen LogP contribution is -2.41. The van der Waals surface area contributed by atoms with Crippen molar-refractivity contribution >= 4 is 15.9 Å². The van der Waals surface area contributed by atoms with Gasteiger partial charge in [0.2, 0.25) is 10.0 Å². The van der Waals surface area contributed by atoms with Gasteiger partial charge in [-0.15, -0.1) is 0 Å². The van der Waals surface area contributed by atoms with Crippen LogP contribution in [-0.4, -0.2) is 32.3 Å². The van der Waals surface area contributed by atoms with Crippen molar-refractivity contribution in [1.29, 1.82) is 0 Å². The average molecular weight is 282 g/mol. The molecule has 1 saturated carbocycles. The summed E-state index contributed by atoms with van der Waals surface area (Å²) in [6, 6.07) is 4.77. The van der Waals surface area contributed by atoms with Crippen LogP contribution in [0.4, 0.5) is 0 Å². The van der Waals surface area contributed by atoms with Crippen LogP contribution in [0, 0.1) is 6.92 Å². The molecule has 0 radical (unpaired) electrons. The zero-order valence-electron chi connectivity index (χ0n) is 11.1. The van der Waals surface area contributed by atoms with Crippen molar-refractivity contribution in [3.63, 3.8) is 0 Å². The van der Waals surface area contributed by atoms with Crippen LogP contribution in [0.5, 0.6) is 0 Å². The van der Waals surface area contributed by atoms with Crippen LogP contribution in [0.15, 0.2) is 23.1 Å². The number of nitrogens with zero attached hydrogens (tertiary/aromatic N) is 1. The van der Waals surface area contributed by atoms with Gasteiger partial charge in [0.15, 0.2) is 0 Å². The molecule has 0 aliphatic heterocycles. The molecule has 1 fully saturated rings. The smallest absolute Gasteiger partial charge is 0.253 e. The molecule has 2 N–H and O–H groups in total. The van der Waals surface area contributed by atoms with Crippen molar-refractivity contribution < 1.29 is 13.2 Å². The summed E-state index contributed by atoms with van der Waals surface area (Å²) in [6.45, 7) is 1.74. The lowest BCUT2D eigenvalue weighted by Gasteiger charge is -2.34. The fourth-order valence-corrected chi connectivity index (χ4v) is 2.82. The summed E-state index contributed by atoms with van der Waals surface area (Å²) in [5.74, 6) is -0.154. The normalized spacial score (nSPS) is 15.9. The number of benzene rings is 1. The minimum Gasteiger partial charge on any atom is -0.339 e. The third kappa shape index (κ3) is 2.96. The molecule has 6 heteroatoms. The number of hydrogen-bond acceptors (Lipinski definition) is 3. The number of nitrogens with two attached hydrogens (primary N) is 1. The van der Waals surface area contributed by atoms with Crippen molar-refractivity contribution in [3.8, 4) is 0 Å². The van der Waals surface area contributed by atoms with Crippen molar-refractivity contribution in [1.82, 2.24) is 4.90 Å². The van der Waals surface area contributed by atoms with Crippen LogP contribution < -0.4 is 5.14 Å². The Bertz CT molecular complexity index is 606. The summed E-state index contributed by atoms with van der Waals surface area (Å²) in [4.78, 5) is 14.0. The van der Waals surface area contributed by atoms with E-state index in [4.69, 9.17) is 5.14 Å². The van der Waals surface area contributed by atoms with Gasteiger partial charge in [-0.05, 0) is 49.9 Å². The molecule has 0 atom stereocenters. The van der Waals surface area contributed by atoms with Gasteiger partial charge in [-0.25, -0.2) is 13.6 Å². The van der Waals surface area contributed by atoms with Crippen LogP contribution in [0.25, 0.3) is 0 Å². The molecule has 0 spiro atoms. The van der Waals surface area contributed by atoms with Gasteiger partial charge in [0.1, 0.15) is 0 Å². The standard InChI is InChI=1S/C13H18N2O3S/c1-9-6-10(8-12(7-9)19(14,17)18)13(16)15(2)11-4-3-5-11/h6-8,11H,3-5H2,1-2H3,(H2,14,17,18). The van der Waals surface area contributed by atoms with Gasteiger partial charge >= 0.3 is 0 Å². The van der Waals surface area contributed by atoms with Crippen molar-refractivity contribution in [3.05, 3.63) is 29.3 Å². The Balaban J connectivity index is 2.34. The average Bonchev–Trinajstić information content (AvgIpc) is 2.23. The summed E-state index contributed by atoms with van der Waals surface area (Å²) in [5, 5.41) is 5.12. The fraction of sp³-hybridized carbons (Fsp3) is 0.462. The lowest BCUT2D eigenvalue weighted by atomic mass is 9.91. The molecular weight excluding hydrogens is 264 g/mol. The summed E-state index contributed by atoms with van der Waals surface area (Å²) in [5.41, 5.74) is 1.08. The summed E-state index contributed by atoms with van der Waals surface area (Å²) < 4.78 is 22.8. The zero-order valence-corrected chi connectivity index (χ0v) is 11.9. The maximum Gasteiger partial charge on any atom is 0.253 e. The molecule has 2 rings (SSSR count). The van der Waals surface area contributed by atoms with Crippen LogP contribution in [0.2, 0.25) is 0 Å². The van der Waals surface area contributed by atoms with Gasteiger partial charge in [-0.2, -0.15) is 0 Å². The van der Waals surface area contributed by atoms with E-state index in [9.17, 15) is 13.2 Å². The Morgan fingerprint density at radius 2 is 1.95 bits per heavy atom. The lowest BCUT2D eigenvalue weighted by molar-refractivity contribution is 0.0651. The highest BCUT2D eigenvalue weighted by Crippen LogP contribution is 2.25. The third-order valence-corrected chi connectivity index (χ3v) is 4.46. The largest absolute Gasteiger partial charge is 0.339 e. The first-order chi connectivity index (χ1) is 8.79. The predicted octanol–water partition coefficient (Wildman–Crippen LogP) is 1.27. The molecule has 1 amide bonds. The number of amides is 1. The first-order valence-corrected chi connectivity index (χ1v) is 7.75. The molecule has 1 aromatic carbocycles. The number of aryl methyl sites for hydroxylation is 1. The summed E-state index contributed by atoms with van der Waals surface area (Å²) in [6.07, 6.45) is 3.16. The predicted molar refractivity (Wildman–Crippen MR) is 72.3 cm³/mol. The van der Waals surface area contributed by atoms with Gasteiger partial charge in [0.05, 0.1) is 4.90 Å². The molecule has 0 heterocycles. The van der Waals surface area contributed by atoms with Crippen molar-refractivity contribution in [2.45, 2.75) is 37.1 Å². The van der Waals surface area contributed by atoms with E-state index in [-0.39, 0.29) is 16.8 Å². The molecule has 0 aromatic heterocycles. The van der Waals surface area contributed by atoms with E-state index >= 15 is 0 Å². The minimum atomic E-state index is -3.79. The van der Waals surface area contributed by atoms with E-state index in [1.54, 1.807) is 24.9 Å². The monoisotopic (exact) mass is 282 g/mol.